The maximum Gasteiger partial charge on any atom is 0.0706 e. The lowest BCUT2D eigenvalue weighted by Gasteiger charge is -2.01. The topological polar surface area (TPSA) is 12.4 Å². The Balaban J connectivity index is 2.85. The van der Waals surface area contributed by atoms with Crippen molar-refractivity contribution in [2.75, 3.05) is 0 Å². The molecule has 1 nitrogen and oxygen atoms in total. The Bertz CT molecular complexity index is 484. The molecule has 66 valence electrons. The van der Waals surface area contributed by atoms with Gasteiger partial charge in [-0.25, -0.2) is 4.99 Å². The van der Waals surface area contributed by atoms with Crippen LogP contribution in [0.4, 0.5) is 0 Å². The van der Waals surface area contributed by atoms with Gasteiger partial charge in [0.05, 0.1) is 10.2 Å². The summed E-state index contributed by atoms with van der Waals surface area (Å²) in [6.07, 6.45) is 3.94. The molecule has 1 aliphatic heterocycles. The van der Waals surface area contributed by atoms with Crippen LogP contribution in [0.2, 0.25) is 0 Å². The van der Waals surface area contributed by atoms with Crippen LogP contribution < -0.4 is 9.75 Å². The molecule has 1 aromatic heterocycles. The summed E-state index contributed by atoms with van der Waals surface area (Å²) in [5.41, 5.74) is 1.15. The number of fused-ring (bicyclic) bond motifs is 1. The molecule has 0 radical (unpaired) electrons. The zero-order chi connectivity index (χ0) is 9.26. The second kappa shape index (κ2) is 3.33. The van der Waals surface area contributed by atoms with Gasteiger partial charge in [0.2, 0.25) is 0 Å². The summed E-state index contributed by atoms with van der Waals surface area (Å²) in [4.78, 5) is 4.33. The summed E-state index contributed by atoms with van der Waals surface area (Å²) < 4.78 is 1.29. The Morgan fingerprint density at radius 2 is 2.31 bits per heavy atom. The van der Waals surface area contributed by atoms with Gasteiger partial charge in [-0.2, -0.15) is 0 Å². The van der Waals surface area contributed by atoms with E-state index in [1.165, 1.54) is 9.75 Å². The van der Waals surface area contributed by atoms with Crippen molar-refractivity contribution in [1.82, 2.24) is 0 Å². The number of hydrogen-bond acceptors (Lipinski definition) is 2. The summed E-state index contributed by atoms with van der Waals surface area (Å²) in [7, 11) is 0. The second-order valence-electron chi connectivity index (χ2n) is 3.32. The minimum absolute atomic E-state index is 0.463. The van der Waals surface area contributed by atoms with Crippen molar-refractivity contribution < 1.29 is 0 Å². The molecule has 2 heterocycles. The van der Waals surface area contributed by atoms with Gasteiger partial charge in [0.1, 0.15) is 0 Å². The van der Waals surface area contributed by atoms with E-state index >= 15 is 0 Å². The van der Waals surface area contributed by atoms with E-state index in [-0.39, 0.29) is 0 Å². The predicted octanol–water partition coefficient (Wildman–Crippen LogP) is 1.53. The molecule has 0 aromatic carbocycles. The third-order valence-corrected chi connectivity index (χ3v) is 2.95. The van der Waals surface area contributed by atoms with Gasteiger partial charge in [-0.15, -0.1) is 11.3 Å². The third-order valence-electron chi connectivity index (χ3n) is 2.00. The second-order valence-corrected chi connectivity index (χ2v) is 4.24. The monoisotopic (exact) mass is 189 g/mol. The van der Waals surface area contributed by atoms with Crippen molar-refractivity contribution in [2.45, 2.75) is 13.8 Å². The zero-order valence-corrected chi connectivity index (χ0v) is 8.56. The third kappa shape index (κ3) is 1.51. The molecule has 0 atom stereocenters. The Kier molecular flexibility index (Phi) is 2.17. The normalized spacial score (nSPS) is 14.2. The van der Waals surface area contributed by atoms with E-state index in [2.05, 4.69) is 42.2 Å². The molecule has 0 bridgehead atoms. The number of aliphatic imine (C=N–C) groups is 1. The molecular formula is C11H11NS. The molecule has 1 aliphatic rings. The van der Waals surface area contributed by atoms with Crippen LogP contribution in [0.3, 0.4) is 0 Å². The summed E-state index contributed by atoms with van der Waals surface area (Å²) in [6, 6.07) is 2.13. The first-order valence-electron chi connectivity index (χ1n) is 4.36. The first-order valence-corrected chi connectivity index (χ1v) is 5.24. The standard InChI is InChI=1S/C11H11NS/c1-8(2)10-11-9(5-7-13-11)4-3-6-12-10/h3-5,7-8H,1-2H3. The van der Waals surface area contributed by atoms with Crippen LogP contribution in [0.25, 0.3) is 11.8 Å². The van der Waals surface area contributed by atoms with Crippen LogP contribution >= 0.6 is 11.3 Å². The van der Waals surface area contributed by atoms with Crippen molar-refractivity contribution >= 4 is 29.0 Å². The van der Waals surface area contributed by atoms with Gasteiger partial charge in [-0.1, -0.05) is 13.8 Å². The molecule has 0 aliphatic carbocycles. The number of allylic oxidation sites excluding steroid dienone is 1. The Hall–Kier alpha value is -1.11. The molecule has 2 heteroatoms. The molecule has 1 aromatic rings. The highest BCUT2D eigenvalue weighted by atomic mass is 32.1. The zero-order valence-electron chi connectivity index (χ0n) is 7.74. The van der Waals surface area contributed by atoms with Crippen molar-refractivity contribution in [1.29, 1.82) is 0 Å². The largest absolute Gasteiger partial charge is 0.209 e. The van der Waals surface area contributed by atoms with Gasteiger partial charge < -0.3 is 0 Å². The quantitative estimate of drug-likeness (QED) is 0.635. The first-order chi connectivity index (χ1) is 6.29. The summed E-state index contributed by atoms with van der Waals surface area (Å²) >= 11 is 1.75. The van der Waals surface area contributed by atoms with E-state index in [4.69, 9.17) is 0 Å². The molecule has 0 saturated carbocycles. The van der Waals surface area contributed by atoms with E-state index in [9.17, 15) is 0 Å². The molecule has 0 amide bonds. The van der Waals surface area contributed by atoms with Crippen LogP contribution in [0.1, 0.15) is 13.8 Å². The average Bonchev–Trinajstić information content (AvgIpc) is 2.44. The average molecular weight is 189 g/mol. The van der Waals surface area contributed by atoms with Crippen molar-refractivity contribution in [3.05, 3.63) is 27.3 Å². The number of rotatable bonds is 1. The van der Waals surface area contributed by atoms with Gasteiger partial charge >= 0.3 is 0 Å². The summed E-state index contributed by atoms with van der Waals surface area (Å²) in [5.74, 6) is 3.39. The summed E-state index contributed by atoms with van der Waals surface area (Å²) in [6.45, 7) is 4.32. The van der Waals surface area contributed by atoms with Gasteiger partial charge in [-0.3, -0.25) is 0 Å². The highest BCUT2D eigenvalue weighted by Crippen LogP contribution is 2.10. The lowest BCUT2D eigenvalue weighted by atomic mass is 10.1. The smallest absolute Gasteiger partial charge is 0.0706 e. The molecule has 2 rings (SSSR count). The number of nitrogens with zero attached hydrogens (tertiary/aromatic N) is 1. The Morgan fingerprint density at radius 1 is 1.46 bits per heavy atom. The van der Waals surface area contributed by atoms with Crippen molar-refractivity contribution in [2.24, 2.45) is 10.9 Å². The van der Waals surface area contributed by atoms with Crippen molar-refractivity contribution in [3.8, 4) is 0 Å². The van der Waals surface area contributed by atoms with Crippen LogP contribution in [-0.2, 0) is 0 Å². The highest BCUT2D eigenvalue weighted by molar-refractivity contribution is 7.07. The van der Waals surface area contributed by atoms with Crippen LogP contribution in [0.15, 0.2) is 22.5 Å². The van der Waals surface area contributed by atoms with E-state index in [0.717, 1.165) is 5.70 Å². The fraction of sp³-hybridized carbons (Fsp3) is 0.273. The fourth-order valence-corrected chi connectivity index (χ4v) is 2.36. The SMILES string of the molecule is CC(C)C1=c2sccc2=CC=C=N1. The molecule has 0 N–H and O–H groups in total. The van der Waals surface area contributed by atoms with Crippen molar-refractivity contribution in [3.63, 3.8) is 0 Å². The first kappa shape index (κ1) is 8.49. The maximum absolute atomic E-state index is 4.33. The lowest BCUT2D eigenvalue weighted by molar-refractivity contribution is 0.837. The van der Waals surface area contributed by atoms with Crippen LogP contribution in [0.5, 0.6) is 0 Å². The molecule has 0 saturated heterocycles. The molecule has 0 spiro atoms. The maximum atomic E-state index is 4.33. The Labute approximate surface area is 81.4 Å². The Morgan fingerprint density at radius 3 is 3.08 bits per heavy atom. The van der Waals surface area contributed by atoms with Gasteiger partial charge in [0, 0.05) is 6.08 Å². The van der Waals surface area contributed by atoms with E-state index in [1.807, 2.05) is 6.08 Å². The van der Waals surface area contributed by atoms with Crippen LogP contribution in [-0.4, -0.2) is 5.87 Å². The number of thiophene rings is 1. The molecular weight excluding hydrogens is 178 g/mol. The minimum Gasteiger partial charge on any atom is -0.209 e. The lowest BCUT2D eigenvalue weighted by Crippen LogP contribution is -2.21. The van der Waals surface area contributed by atoms with Gasteiger partial charge in [-0.05, 0) is 34.5 Å². The molecule has 0 unspecified atom stereocenters. The number of hydrogen-bond donors (Lipinski definition) is 0. The minimum atomic E-state index is 0.463. The fourth-order valence-electron chi connectivity index (χ4n) is 1.33. The summed E-state index contributed by atoms with van der Waals surface area (Å²) in [5, 5.41) is 3.38. The predicted molar refractivity (Wildman–Crippen MR) is 58.3 cm³/mol. The molecule has 13 heavy (non-hydrogen) atoms. The molecule has 0 fully saturated rings. The van der Waals surface area contributed by atoms with E-state index < -0.39 is 0 Å². The highest BCUT2D eigenvalue weighted by Gasteiger charge is 2.04. The van der Waals surface area contributed by atoms with E-state index in [0.29, 0.717) is 5.92 Å². The van der Waals surface area contributed by atoms with Gasteiger partial charge in [0.15, 0.2) is 0 Å². The van der Waals surface area contributed by atoms with Gasteiger partial charge in [0.25, 0.3) is 0 Å². The van der Waals surface area contributed by atoms with Crippen LogP contribution in [0, 0.1) is 5.92 Å². The van der Waals surface area contributed by atoms with E-state index in [1.54, 1.807) is 11.3 Å².